The fourth-order valence-corrected chi connectivity index (χ4v) is 3.37. The summed E-state index contributed by atoms with van der Waals surface area (Å²) in [5.74, 6) is -2.43. The van der Waals surface area contributed by atoms with Crippen molar-refractivity contribution in [2.24, 2.45) is 23.7 Å². The fourth-order valence-electron chi connectivity index (χ4n) is 3.37. The first-order valence-corrected chi connectivity index (χ1v) is 6.35. The first-order chi connectivity index (χ1) is 8.09. The van der Waals surface area contributed by atoms with Gasteiger partial charge < -0.3 is 5.11 Å². The zero-order valence-electron chi connectivity index (χ0n) is 11.7. The first-order valence-electron chi connectivity index (χ1n) is 6.35. The lowest BCUT2D eigenvalue weighted by atomic mass is 9.58. The molecule has 1 fully saturated rings. The maximum Gasteiger partial charge on any atom is 0.146 e. The molecule has 0 aliphatic heterocycles. The Bertz CT molecular complexity index is 381. The Balaban J connectivity index is 3.30. The molecule has 0 radical (unpaired) electrons. The summed E-state index contributed by atoms with van der Waals surface area (Å²) in [7, 11) is 0. The van der Waals surface area contributed by atoms with E-state index in [4.69, 9.17) is 0 Å². The highest BCUT2D eigenvalue weighted by atomic mass is 16.3. The average molecular weight is 254 g/mol. The second-order valence-electron chi connectivity index (χ2n) is 6.00. The minimum atomic E-state index is -1.34. The molecule has 0 aromatic carbocycles. The molecule has 0 spiro atoms. The minimum absolute atomic E-state index is 0.0106. The molecule has 18 heavy (non-hydrogen) atoms. The molecule has 4 unspecified atom stereocenters. The van der Waals surface area contributed by atoms with Crippen LogP contribution in [0, 0.1) is 23.7 Å². The van der Waals surface area contributed by atoms with E-state index in [-0.39, 0.29) is 29.7 Å². The van der Waals surface area contributed by atoms with E-state index >= 15 is 0 Å². The van der Waals surface area contributed by atoms with E-state index in [0.29, 0.717) is 0 Å². The molecule has 0 aromatic heterocycles. The highest BCUT2D eigenvalue weighted by Crippen LogP contribution is 2.44. The molecular formula is C14H22O4. The Hall–Kier alpha value is -1.03. The molecule has 4 nitrogen and oxygen atoms in total. The van der Waals surface area contributed by atoms with Crippen LogP contribution in [0.3, 0.4) is 0 Å². The molecule has 1 N–H and O–H groups in total. The number of Topliss-reactive ketones (excluding diaryl/α,β-unsaturated/α-hetero) is 3. The molecule has 4 heteroatoms. The van der Waals surface area contributed by atoms with Gasteiger partial charge in [0, 0.05) is 6.42 Å². The molecule has 1 aliphatic rings. The van der Waals surface area contributed by atoms with E-state index in [0.717, 1.165) is 0 Å². The summed E-state index contributed by atoms with van der Waals surface area (Å²) in [4.78, 5) is 35.6. The highest BCUT2D eigenvalue weighted by Gasteiger charge is 2.53. The summed E-state index contributed by atoms with van der Waals surface area (Å²) >= 11 is 0. The summed E-state index contributed by atoms with van der Waals surface area (Å²) < 4.78 is 0. The number of carbonyl (C=O) groups excluding carboxylic acids is 3. The number of hydrogen-bond acceptors (Lipinski definition) is 4. The molecule has 1 saturated carbocycles. The Kier molecular flexibility index (Phi) is 4.11. The topological polar surface area (TPSA) is 71.4 Å². The van der Waals surface area contributed by atoms with Crippen molar-refractivity contribution in [1.82, 2.24) is 0 Å². The quantitative estimate of drug-likeness (QED) is 0.773. The predicted molar refractivity (Wildman–Crippen MR) is 66.9 cm³/mol. The van der Waals surface area contributed by atoms with Crippen LogP contribution >= 0.6 is 0 Å². The zero-order valence-corrected chi connectivity index (χ0v) is 11.7. The van der Waals surface area contributed by atoms with Crippen LogP contribution in [0.25, 0.3) is 0 Å². The summed E-state index contributed by atoms with van der Waals surface area (Å²) in [6.45, 7) is 8.08. The Morgan fingerprint density at radius 3 is 2.11 bits per heavy atom. The highest BCUT2D eigenvalue weighted by molar-refractivity contribution is 6.04. The van der Waals surface area contributed by atoms with Gasteiger partial charge in [0.25, 0.3) is 0 Å². The van der Waals surface area contributed by atoms with E-state index < -0.39 is 23.4 Å². The van der Waals surface area contributed by atoms with Gasteiger partial charge in [-0.15, -0.1) is 0 Å². The zero-order chi connectivity index (χ0) is 14.2. The molecule has 4 atom stereocenters. The molecule has 0 heterocycles. The van der Waals surface area contributed by atoms with Gasteiger partial charge in [0.05, 0.1) is 17.4 Å². The summed E-state index contributed by atoms with van der Waals surface area (Å²) in [6.07, 6.45) is -0.120. The van der Waals surface area contributed by atoms with Gasteiger partial charge in [0.2, 0.25) is 0 Å². The third kappa shape index (κ3) is 2.53. The number of aliphatic hydroxyl groups is 1. The monoisotopic (exact) mass is 254 g/mol. The smallest absolute Gasteiger partial charge is 0.146 e. The third-order valence-corrected chi connectivity index (χ3v) is 3.96. The van der Waals surface area contributed by atoms with Crippen LogP contribution in [0.1, 0.15) is 41.0 Å². The second-order valence-corrected chi connectivity index (χ2v) is 6.00. The molecule has 0 saturated heterocycles. The molecule has 0 amide bonds. The van der Waals surface area contributed by atoms with Gasteiger partial charge >= 0.3 is 0 Å². The van der Waals surface area contributed by atoms with Gasteiger partial charge in [-0.3, -0.25) is 14.4 Å². The van der Waals surface area contributed by atoms with Crippen molar-refractivity contribution in [3.63, 3.8) is 0 Å². The van der Waals surface area contributed by atoms with Crippen molar-refractivity contribution >= 4 is 17.3 Å². The van der Waals surface area contributed by atoms with E-state index in [1.165, 1.54) is 20.8 Å². The summed E-state index contributed by atoms with van der Waals surface area (Å²) in [5.41, 5.74) is -1.34. The summed E-state index contributed by atoms with van der Waals surface area (Å²) in [6, 6.07) is 0. The maximum atomic E-state index is 12.0. The van der Waals surface area contributed by atoms with Gasteiger partial charge in [0.15, 0.2) is 0 Å². The number of rotatable bonds is 3. The van der Waals surface area contributed by atoms with E-state index in [1.807, 2.05) is 13.8 Å². The first kappa shape index (κ1) is 15.0. The van der Waals surface area contributed by atoms with Crippen molar-refractivity contribution in [3.05, 3.63) is 0 Å². The standard InChI is InChI=1S/C14H22O4/c1-7(2)11-12(8(3)15)10(17)6-14(5,18)13(11)9(4)16/h7,11-13,18H,6H2,1-5H3. The fraction of sp³-hybridized carbons (Fsp3) is 0.786. The van der Waals surface area contributed by atoms with E-state index in [1.54, 1.807) is 0 Å². The molecule has 1 rings (SSSR count). The average Bonchev–Trinajstić information content (AvgIpc) is 2.12. The Labute approximate surface area is 108 Å². The lowest BCUT2D eigenvalue weighted by Crippen LogP contribution is -2.56. The van der Waals surface area contributed by atoms with Crippen molar-refractivity contribution < 1.29 is 19.5 Å². The van der Waals surface area contributed by atoms with E-state index in [2.05, 4.69) is 0 Å². The van der Waals surface area contributed by atoms with Gasteiger partial charge in [-0.2, -0.15) is 0 Å². The number of ketones is 3. The van der Waals surface area contributed by atoms with Crippen LogP contribution < -0.4 is 0 Å². The van der Waals surface area contributed by atoms with Crippen molar-refractivity contribution in [2.75, 3.05) is 0 Å². The van der Waals surface area contributed by atoms with Gasteiger partial charge in [0.1, 0.15) is 17.3 Å². The lowest BCUT2D eigenvalue weighted by molar-refractivity contribution is -0.159. The SMILES string of the molecule is CC(=O)C1C(=O)CC(C)(O)C(C(C)=O)C1C(C)C. The molecule has 0 bridgehead atoms. The van der Waals surface area contributed by atoms with Crippen LogP contribution in [0.2, 0.25) is 0 Å². The molecule has 0 aromatic rings. The van der Waals surface area contributed by atoms with Crippen LogP contribution in [0.5, 0.6) is 0 Å². The van der Waals surface area contributed by atoms with Gasteiger partial charge in [-0.05, 0) is 32.6 Å². The number of carbonyl (C=O) groups is 3. The third-order valence-electron chi connectivity index (χ3n) is 3.96. The lowest BCUT2D eigenvalue weighted by Gasteiger charge is -2.45. The molecular weight excluding hydrogens is 232 g/mol. The normalized spacial score (nSPS) is 36.8. The summed E-state index contributed by atoms with van der Waals surface area (Å²) in [5, 5.41) is 10.3. The Morgan fingerprint density at radius 1 is 1.28 bits per heavy atom. The van der Waals surface area contributed by atoms with Crippen molar-refractivity contribution in [1.29, 1.82) is 0 Å². The van der Waals surface area contributed by atoms with E-state index in [9.17, 15) is 19.5 Å². The minimum Gasteiger partial charge on any atom is -0.389 e. The largest absolute Gasteiger partial charge is 0.389 e. The Morgan fingerprint density at radius 2 is 1.78 bits per heavy atom. The van der Waals surface area contributed by atoms with Gasteiger partial charge in [-0.1, -0.05) is 13.8 Å². The van der Waals surface area contributed by atoms with Crippen LogP contribution in [0.4, 0.5) is 0 Å². The second kappa shape index (κ2) is 4.92. The van der Waals surface area contributed by atoms with Crippen LogP contribution in [0.15, 0.2) is 0 Å². The predicted octanol–water partition coefficient (Wildman–Crippen LogP) is 1.39. The van der Waals surface area contributed by atoms with Crippen LogP contribution in [-0.4, -0.2) is 28.1 Å². The van der Waals surface area contributed by atoms with Crippen LogP contribution in [-0.2, 0) is 14.4 Å². The number of hydrogen-bond donors (Lipinski definition) is 1. The molecule has 102 valence electrons. The van der Waals surface area contributed by atoms with Gasteiger partial charge in [-0.25, -0.2) is 0 Å². The van der Waals surface area contributed by atoms with Crippen molar-refractivity contribution in [3.8, 4) is 0 Å². The molecule has 1 aliphatic carbocycles. The maximum absolute atomic E-state index is 12.0. The van der Waals surface area contributed by atoms with Crippen molar-refractivity contribution in [2.45, 2.75) is 46.6 Å².